The Morgan fingerprint density at radius 1 is 1.54 bits per heavy atom. The normalized spacial score (nSPS) is 12.2. The van der Waals surface area contributed by atoms with Crippen molar-refractivity contribution in [2.45, 2.75) is 18.9 Å². The lowest BCUT2D eigenvalue weighted by atomic mass is 10.2. The summed E-state index contributed by atoms with van der Waals surface area (Å²) in [5.74, 6) is -1.29. The van der Waals surface area contributed by atoms with E-state index in [0.717, 1.165) is 0 Å². The zero-order chi connectivity index (χ0) is 10.3. The van der Waals surface area contributed by atoms with E-state index in [0.29, 0.717) is 13.0 Å². The second-order valence-corrected chi connectivity index (χ2v) is 2.90. The maximum Gasteiger partial charge on any atom is 0.327 e. The largest absolute Gasteiger partial charge is 0.480 e. The van der Waals surface area contributed by atoms with Gasteiger partial charge in [0, 0.05) is 12.2 Å². The molecule has 0 aliphatic heterocycles. The minimum Gasteiger partial charge on any atom is -0.480 e. The van der Waals surface area contributed by atoms with Crippen molar-refractivity contribution in [1.29, 1.82) is 0 Å². The number of carboxylic acids is 1. The highest BCUT2D eigenvalue weighted by atomic mass is 32.1. The van der Waals surface area contributed by atoms with Gasteiger partial charge in [-0.25, -0.2) is 4.79 Å². The Bertz CT molecular complexity index is 187. The van der Waals surface area contributed by atoms with Gasteiger partial charge in [0.15, 0.2) is 0 Å². The molecule has 1 amide bonds. The molecule has 0 rings (SSSR count). The van der Waals surface area contributed by atoms with Crippen LogP contribution in [0.1, 0.15) is 12.8 Å². The number of hydrogen-bond donors (Lipinski definition) is 4. The minimum absolute atomic E-state index is 0.0870. The third kappa shape index (κ3) is 5.48. The van der Waals surface area contributed by atoms with E-state index in [4.69, 9.17) is 10.8 Å². The van der Waals surface area contributed by atoms with E-state index in [1.165, 1.54) is 0 Å². The Labute approximate surface area is 82.1 Å². The minimum atomic E-state index is -1.07. The second-order valence-electron chi connectivity index (χ2n) is 2.53. The van der Waals surface area contributed by atoms with Crippen molar-refractivity contribution >= 4 is 24.5 Å². The first-order valence-corrected chi connectivity index (χ1v) is 4.58. The summed E-state index contributed by atoms with van der Waals surface area (Å²) in [6.07, 6.45) is 0.818. The molecule has 0 aromatic carbocycles. The Kier molecular flexibility index (Phi) is 6.34. The number of carboxylic acid groups (broad SMARTS) is 1. The van der Waals surface area contributed by atoms with Crippen LogP contribution in [0.25, 0.3) is 0 Å². The van der Waals surface area contributed by atoms with Crippen LogP contribution in [0.4, 0.5) is 0 Å². The van der Waals surface area contributed by atoms with Crippen molar-refractivity contribution in [3.8, 4) is 0 Å². The molecule has 0 unspecified atom stereocenters. The van der Waals surface area contributed by atoms with Crippen molar-refractivity contribution < 1.29 is 14.7 Å². The molecule has 0 saturated carbocycles. The average molecular weight is 206 g/mol. The molecule has 0 radical (unpaired) electrons. The van der Waals surface area contributed by atoms with E-state index in [1.54, 1.807) is 0 Å². The molecule has 0 saturated heterocycles. The van der Waals surface area contributed by atoms with Crippen molar-refractivity contribution in [1.82, 2.24) is 5.32 Å². The van der Waals surface area contributed by atoms with Gasteiger partial charge in [0.25, 0.3) is 0 Å². The maximum absolute atomic E-state index is 11.0. The molecule has 0 spiro atoms. The molecule has 0 aliphatic carbocycles. The lowest BCUT2D eigenvalue weighted by Gasteiger charge is -2.11. The number of thiol groups is 1. The molecule has 76 valence electrons. The predicted octanol–water partition coefficient (Wildman–Crippen LogP) is -0.775. The van der Waals surface area contributed by atoms with Gasteiger partial charge in [-0.05, 0) is 13.0 Å². The van der Waals surface area contributed by atoms with Gasteiger partial charge in [-0.2, -0.15) is 12.6 Å². The molecule has 0 aromatic rings. The quantitative estimate of drug-likeness (QED) is 0.429. The van der Waals surface area contributed by atoms with Crippen LogP contribution in [0, 0.1) is 0 Å². The van der Waals surface area contributed by atoms with Crippen molar-refractivity contribution in [2.75, 3.05) is 12.3 Å². The maximum atomic E-state index is 11.0. The number of rotatable bonds is 6. The zero-order valence-electron chi connectivity index (χ0n) is 7.19. The molecule has 6 heteroatoms. The van der Waals surface area contributed by atoms with Gasteiger partial charge in [-0.1, -0.05) is 0 Å². The van der Waals surface area contributed by atoms with E-state index in [-0.39, 0.29) is 18.1 Å². The van der Waals surface area contributed by atoms with Gasteiger partial charge in [-0.15, -0.1) is 0 Å². The Morgan fingerprint density at radius 3 is 2.54 bits per heavy atom. The summed E-state index contributed by atoms with van der Waals surface area (Å²) in [4.78, 5) is 21.5. The van der Waals surface area contributed by atoms with E-state index in [2.05, 4.69) is 17.9 Å². The molecule has 1 atom stereocenters. The van der Waals surface area contributed by atoms with Gasteiger partial charge in [0.05, 0.1) is 0 Å². The van der Waals surface area contributed by atoms with E-state index >= 15 is 0 Å². The molecule has 0 aromatic heterocycles. The van der Waals surface area contributed by atoms with Gasteiger partial charge < -0.3 is 16.2 Å². The number of nitrogens with two attached hydrogens (primary N) is 1. The summed E-state index contributed by atoms with van der Waals surface area (Å²) in [6, 6.07) is -0.909. The Balaban J connectivity index is 3.80. The van der Waals surface area contributed by atoms with Crippen LogP contribution < -0.4 is 11.1 Å². The van der Waals surface area contributed by atoms with Gasteiger partial charge >= 0.3 is 5.97 Å². The first-order valence-electron chi connectivity index (χ1n) is 3.95. The van der Waals surface area contributed by atoms with Crippen molar-refractivity contribution in [3.05, 3.63) is 0 Å². The fourth-order valence-electron chi connectivity index (χ4n) is 0.715. The summed E-state index contributed by atoms with van der Waals surface area (Å²) in [5, 5.41) is 10.9. The van der Waals surface area contributed by atoms with Gasteiger partial charge in [-0.3, -0.25) is 4.79 Å². The van der Waals surface area contributed by atoms with Crippen molar-refractivity contribution in [3.63, 3.8) is 0 Å². The third-order valence-corrected chi connectivity index (χ3v) is 1.79. The summed E-state index contributed by atoms with van der Waals surface area (Å²) in [7, 11) is 0. The van der Waals surface area contributed by atoms with Gasteiger partial charge in [0.1, 0.15) is 6.04 Å². The Morgan fingerprint density at radius 2 is 2.15 bits per heavy atom. The zero-order valence-corrected chi connectivity index (χ0v) is 8.09. The molecule has 4 N–H and O–H groups in total. The highest BCUT2D eigenvalue weighted by Crippen LogP contribution is 1.92. The lowest BCUT2D eigenvalue weighted by Crippen LogP contribution is -2.42. The average Bonchev–Trinajstić information content (AvgIpc) is 2.10. The molecule has 13 heavy (non-hydrogen) atoms. The van der Waals surface area contributed by atoms with E-state index in [1.807, 2.05) is 0 Å². The highest BCUT2D eigenvalue weighted by Gasteiger charge is 2.17. The van der Waals surface area contributed by atoms with Crippen LogP contribution in [0.5, 0.6) is 0 Å². The SMILES string of the molecule is NCCCC(=O)N[C@H](CS)C(=O)O. The topological polar surface area (TPSA) is 92.4 Å². The van der Waals surface area contributed by atoms with Crippen LogP contribution in [0.3, 0.4) is 0 Å². The van der Waals surface area contributed by atoms with E-state index in [9.17, 15) is 9.59 Å². The molecule has 0 aliphatic rings. The van der Waals surface area contributed by atoms with Crippen LogP contribution in [-0.2, 0) is 9.59 Å². The summed E-state index contributed by atoms with van der Waals surface area (Å²) in [5.41, 5.74) is 5.19. The summed E-state index contributed by atoms with van der Waals surface area (Å²) in [6.45, 7) is 0.423. The smallest absolute Gasteiger partial charge is 0.327 e. The third-order valence-electron chi connectivity index (χ3n) is 1.42. The van der Waals surface area contributed by atoms with E-state index < -0.39 is 12.0 Å². The molecular weight excluding hydrogens is 192 g/mol. The van der Waals surface area contributed by atoms with Crippen LogP contribution >= 0.6 is 12.6 Å². The first-order chi connectivity index (χ1) is 6.11. The molecule has 0 heterocycles. The standard InChI is InChI=1S/C7H14N2O3S/c8-3-1-2-6(10)9-5(4-13)7(11)12/h5,13H,1-4,8H2,(H,9,10)(H,11,12)/t5-/m1/s1. The number of aliphatic carboxylic acids is 1. The molecular formula is C7H14N2O3S. The highest BCUT2D eigenvalue weighted by molar-refractivity contribution is 7.80. The molecule has 0 fully saturated rings. The number of amides is 1. The second kappa shape index (κ2) is 6.73. The van der Waals surface area contributed by atoms with Crippen LogP contribution in [-0.4, -0.2) is 35.3 Å². The number of nitrogens with one attached hydrogen (secondary N) is 1. The summed E-state index contributed by atoms with van der Waals surface area (Å²) >= 11 is 3.80. The monoisotopic (exact) mass is 206 g/mol. The number of hydrogen-bond acceptors (Lipinski definition) is 4. The number of carbonyl (C=O) groups excluding carboxylic acids is 1. The molecule has 5 nitrogen and oxygen atoms in total. The predicted molar refractivity (Wildman–Crippen MR) is 51.7 cm³/mol. The van der Waals surface area contributed by atoms with Gasteiger partial charge in [0.2, 0.25) is 5.91 Å². The fraction of sp³-hybridized carbons (Fsp3) is 0.714. The first kappa shape index (κ1) is 12.2. The fourth-order valence-corrected chi connectivity index (χ4v) is 0.962. The van der Waals surface area contributed by atoms with Crippen molar-refractivity contribution in [2.24, 2.45) is 5.73 Å². The lowest BCUT2D eigenvalue weighted by molar-refractivity contribution is -0.141. The van der Waals surface area contributed by atoms with Crippen LogP contribution in [0.15, 0.2) is 0 Å². The summed E-state index contributed by atoms with van der Waals surface area (Å²) < 4.78 is 0. The van der Waals surface area contributed by atoms with Crippen LogP contribution in [0.2, 0.25) is 0 Å². The Hall–Kier alpha value is -0.750. The molecule has 0 bridgehead atoms. The number of carbonyl (C=O) groups is 2.